The van der Waals surface area contributed by atoms with E-state index in [9.17, 15) is 14.7 Å². The van der Waals surface area contributed by atoms with Crippen molar-refractivity contribution in [3.63, 3.8) is 0 Å². The number of para-hydroxylation sites is 1. The summed E-state index contributed by atoms with van der Waals surface area (Å²) in [7, 11) is 0. The van der Waals surface area contributed by atoms with Gasteiger partial charge in [0.25, 0.3) is 5.78 Å². The van der Waals surface area contributed by atoms with Crippen molar-refractivity contribution < 1.29 is 14.7 Å². The summed E-state index contributed by atoms with van der Waals surface area (Å²) in [6.45, 7) is 1.81. The number of aromatic nitrogens is 2. The third-order valence-corrected chi connectivity index (χ3v) is 4.09. The number of hydrogen-bond donors (Lipinski definition) is 2. The average molecular weight is 304 g/mol. The van der Waals surface area contributed by atoms with Gasteiger partial charge in [-0.1, -0.05) is 18.2 Å². The van der Waals surface area contributed by atoms with E-state index < -0.39 is 11.6 Å². The van der Waals surface area contributed by atoms with Crippen LogP contribution in [0.4, 0.5) is 0 Å². The summed E-state index contributed by atoms with van der Waals surface area (Å²) < 4.78 is 0. The van der Waals surface area contributed by atoms with Gasteiger partial charge < -0.3 is 10.1 Å². The molecule has 112 valence electrons. The minimum Gasteiger partial charge on any atom is -0.506 e. The molecular weight excluding hydrogens is 292 g/mol. The molecule has 23 heavy (non-hydrogen) atoms. The Morgan fingerprint density at radius 2 is 1.83 bits per heavy atom. The minimum absolute atomic E-state index is 0.00348. The lowest BCUT2D eigenvalue weighted by atomic mass is 9.87. The second-order valence-electron chi connectivity index (χ2n) is 5.45. The van der Waals surface area contributed by atoms with Gasteiger partial charge in [-0.3, -0.25) is 14.6 Å². The van der Waals surface area contributed by atoms with E-state index in [4.69, 9.17) is 0 Å². The Morgan fingerprint density at radius 1 is 1.04 bits per heavy atom. The second-order valence-corrected chi connectivity index (χ2v) is 5.45. The predicted molar refractivity (Wildman–Crippen MR) is 86.1 cm³/mol. The summed E-state index contributed by atoms with van der Waals surface area (Å²) in [6.07, 6.45) is 1.43. The van der Waals surface area contributed by atoms with Crippen molar-refractivity contribution in [1.82, 2.24) is 9.97 Å². The molecule has 0 fully saturated rings. The van der Waals surface area contributed by atoms with Crippen molar-refractivity contribution in [3.8, 4) is 0 Å². The molecule has 2 aromatic heterocycles. The van der Waals surface area contributed by atoms with E-state index in [1.165, 1.54) is 6.20 Å². The molecule has 0 spiro atoms. The molecule has 4 rings (SSSR count). The van der Waals surface area contributed by atoms with Gasteiger partial charge in [-0.15, -0.1) is 0 Å². The van der Waals surface area contributed by atoms with E-state index in [0.29, 0.717) is 5.56 Å². The van der Waals surface area contributed by atoms with Crippen molar-refractivity contribution in [1.29, 1.82) is 0 Å². The fourth-order valence-corrected chi connectivity index (χ4v) is 3.07. The van der Waals surface area contributed by atoms with Crippen LogP contribution in [-0.2, 0) is 4.79 Å². The van der Waals surface area contributed by atoms with Crippen LogP contribution in [0, 0.1) is 6.92 Å². The zero-order valence-electron chi connectivity index (χ0n) is 12.3. The van der Waals surface area contributed by atoms with Crippen LogP contribution in [0.1, 0.15) is 27.3 Å². The van der Waals surface area contributed by atoms with Gasteiger partial charge in [0.15, 0.2) is 0 Å². The molecular formula is C18H12N2O3. The molecule has 0 saturated heterocycles. The number of ketones is 2. The number of rotatable bonds is 1. The lowest BCUT2D eigenvalue weighted by Gasteiger charge is -2.17. The number of pyridine rings is 1. The molecule has 0 unspecified atom stereocenters. The maximum Gasteiger partial charge on any atom is 0.252 e. The summed E-state index contributed by atoms with van der Waals surface area (Å²) in [5, 5.41) is 11.4. The number of Topliss-reactive ketones (excluding diaryl/α,β-unsaturated/α-hetero) is 2. The fraction of sp³-hybridized carbons (Fsp3) is 0.0556. The number of nitrogens with zero attached hydrogens (tertiary/aromatic N) is 1. The van der Waals surface area contributed by atoms with Crippen molar-refractivity contribution >= 4 is 33.8 Å². The van der Waals surface area contributed by atoms with E-state index in [1.54, 1.807) is 12.1 Å². The van der Waals surface area contributed by atoms with Crippen LogP contribution in [-0.4, -0.2) is 26.6 Å². The lowest BCUT2D eigenvalue weighted by Crippen LogP contribution is -2.24. The van der Waals surface area contributed by atoms with E-state index >= 15 is 0 Å². The first-order valence-corrected chi connectivity index (χ1v) is 7.15. The Labute approximate surface area is 131 Å². The Hall–Kier alpha value is -3.21. The van der Waals surface area contributed by atoms with Crippen LogP contribution < -0.4 is 0 Å². The number of aryl methyl sites for hydroxylation is 1. The largest absolute Gasteiger partial charge is 0.506 e. The third kappa shape index (κ3) is 1.76. The molecule has 0 amide bonds. The molecule has 0 atom stereocenters. The molecule has 0 saturated carbocycles. The SMILES string of the molecule is Cc1[nH]c2ccccc2c1C1=C(O)c2cccnc2C(=O)C1=O. The van der Waals surface area contributed by atoms with Crippen molar-refractivity contribution in [2.45, 2.75) is 6.92 Å². The molecule has 2 N–H and O–H groups in total. The van der Waals surface area contributed by atoms with Gasteiger partial charge in [0.1, 0.15) is 11.5 Å². The molecule has 0 aliphatic heterocycles. The number of aliphatic hydroxyl groups excluding tert-OH is 1. The van der Waals surface area contributed by atoms with Gasteiger partial charge in [-0.05, 0) is 25.1 Å². The number of aliphatic hydroxyl groups is 1. The Bertz CT molecular complexity index is 1030. The van der Waals surface area contributed by atoms with Gasteiger partial charge in [-0.2, -0.15) is 0 Å². The van der Waals surface area contributed by atoms with Crippen LogP contribution in [0.2, 0.25) is 0 Å². The number of carbonyl (C=O) groups excluding carboxylic acids is 2. The summed E-state index contributed by atoms with van der Waals surface area (Å²) in [4.78, 5) is 32.0. The van der Waals surface area contributed by atoms with E-state index in [-0.39, 0.29) is 22.6 Å². The summed E-state index contributed by atoms with van der Waals surface area (Å²) in [6, 6.07) is 10.7. The predicted octanol–water partition coefficient (Wildman–Crippen LogP) is 3.06. The first-order valence-electron chi connectivity index (χ1n) is 7.15. The molecule has 1 aliphatic rings. The average Bonchev–Trinajstić information content (AvgIpc) is 2.89. The minimum atomic E-state index is -0.735. The Kier molecular flexibility index (Phi) is 2.72. The maximum absolute atomic E-state index is 12.6. The number of carbonyl (C=O) groups is 2. The molecule has 1 aromatic carbocycles. The van der Waals surface area contributed by atoms with E-state index in [2.05, 4.69) is 9.97 Å². The maximum atomic E-state index is 12.6. The first kappa shape index (κ1) is 13.5. The Morgan fingerprint density at radius 3 is 2.65 bits per heavy atom. The number of nitrogens with one attached hydrogen (secondary N) is 1. The van der Waals surface area contributed by atoms with Crippen molar-refractivity contribution in [2.75, 3.05) is 0 Å². The fourth-order valence-electron chi connectivity index (χ4n) is 3.07. The number of benzene rings is 1. The highest BCUT2D eigenvalue weighted by atomic mass is 16.3. The number of hydrogen-bond acceptors (Lipinski definition) is 4. The van der Waals surface area contributed by atoms with Crippen molar-refractivity contribution in [2.24, 2.45) is 0 Å². The molecule has 1 aliphatic carbocycles. The zero-order valence-corrected chi connectivity index (χ0v) is 12.3. The zero-order chi connectivity index (χ0) is 16.1. The standard InChI is InChI=1S/C18H12N2O3/c1-9-13(10-5-2-3-7-12(10)20-9)14-16(21)11-6-4-8-19-15(11)18(23)17(14)22/h2-8,20-21H,1H3. The van der Waals surface area contributed by atoms with Crippen molar-refractivity contribution in [3.05, 3.63) is 65.1 Å². The van der Waals surface area contributed by atoms with Gasteiger partial charge in [0, 0.05) is 33.9 Å². The topological polar surface area (TPSA) is 83.0 Å². The molecule has 0 bridgehead atoms. The highest BCUT2D eigenvalue weighted by Gasteiger charge is 2.36. The van der Waals surface area contributed by atoms with Crippen LogP contribution in [0.25, 0.3) is 22.2 Å². The monoisotopic (exact) mass is 304 g/mol. The molecule has 3 aromatic rings. The smallest absolute Gasteiger partial charge is 0.252 e. The Balaban J connectivity index is 2.10. The van der Waals surface area contributed by atoms with Gasteiger partial charge in [-0.25, -0.2) is 0 Å². The summed E-state index contributed by atoms with van der Waals surface area (Å²) in [5.41, 5.74) is 2.45. The second kappa shape index (κ2) is 4.64. The molecule has 5 nitrogen and oxygen atoms in total. The van der Waals surface area contributed by atoms with Crippen LogP contribution in [0.15, 0.2) is 42.6 Å². The molecule has 5 heteroatoms. The number of H-pyrrole nitrogens is 1. The van der Waals surface area contributed by atoms with Gasteiger partial charge >= 0.3 is 0 Å². The number of aromatic amines is 1. The molecule has 2 heterocycles. The molecule has 0 radical (unpaired) electrons. The quantitative estimate of drug-likeness (QED) is 0.677. The van der Waals surface area contributed by atoms with Crippen LogP contribution in [0.5, 0.6) is 0 Å². The number of fused-ring (bicyclic) bond motifs is 2. The lowest BCUT2D eigenvalue weighted by molar-refractivity contribution is -0.110. The summed E-state index contributed by atoms with van der Waals surface area (Å²) in [5.74, 6) is -1.63. The highest BCUT2D eigenvalue weighted by Crippen LogP contribution is 2.37. The van der Waals surface area contributed by atoms with Crippen LogP contribution >= 0.6 is 0 Å². The third-order valence-electron chi connectivity index (χ3n) is 4.09. The first-order chi connectivity index (χ1) is 11.1. The van der Waals surface area contributed by atoms with E-state index in [0.717, 1.165) is 16.6 Å². The van der Waals surface area contributed by atoms with E-state index in [1.807, 2.05) is 31.2 Å². The van der Waals surface area contributed by atoms with Gasteiger partial charge in [0.2, 0.25) is 5.78 Å². The summed E-state index contributed by atoms with van der Waals surface area (Å²) >= 11 is 0. The normalized spacial score (nSPS) is 14.5. The number of allylic oxidation sites excluding steroid dienone is 1. The van der Waals surface area contributed by atoms with Crippen LogP contribution in [0.3, 0.4) is 0 Å². The van der Waals surface area contributed by atoms with Gasteiger partial charge in [0.05, 0.1) is 5.57 Å². The highest BCUT2D eigenvalue weighted by molar-refractivity contribution is 6.62.